The van der Waals surface area contributed by atoms with Crippen molar-refractivity contribution in [3.8, 4) is 5.75 Å². The second-order valence-corrected chi connectivity index (χ2v) is 6.24. The quantitative estimate of drug-likeness (QED) is 0.787. The van der Waals surface area contributed by atoms with E-state index < -0.39 is 12.6 Å². The predicted molar refractivity (Wildman–Crippen MR) is 101 cm³/mol. The largest absolute Gasteiger partial charge is 0.481 e. The summed E-state index contributed by atoms with van der Waals surface area (Å²) in [6.07, 6.45) is 0.804. The van der Waals surface area contributed by atoms with Crippen LogP contribution in [0, 0.1) is 13.8 Å². The molecule has 0 aliphatic rings. The summed E-state index contributed by atoms with van der Waals surface area (Å²) in [6, 6.07) is 13.6. The Morgan fingerprint density at radius 2 is 1.69 bits per heavy atom. The van der Waals surface area contributed by atoms with E-state index in [4.69, 9.17) is 9.84 Å². The van der Waals surface area contributed by atoms with E-state index in [1.807, 2.05) is 43.9 Å². The lowest BCUT2D eigenvalue weighted by atomic mass is 10.0. The van der Waals surface area contributed by atoms with Gasteiger partial charge in [-0.25, -0.2) is 4.79 Å². The summed E-state index contributed by atoms with van der Waals surface area (Å²) in [7, 11) is 0. The van der Waals surface area contributed by atoms with Crippen LogP contribution in [-0.4, -0.2) is 41.6 Å². The number of likely N-dealkylation sites (N-methyl/N-ethyl adjacent to an activating group) is 1. The first-order chi connectivity index (χ1) is 12.4. The number of rotatable bonds is 8. The highest BCUT2D eigenvalue weighted by Gasteiger charge is 2.17. The fourth-order valence-corrected chi connectivity index (χ4v) is 2.93. The molecule has 0 aliphatic heterocycles. The first-order valence-corrected chi connectivity index (χ1v) is 8.71. The van der Waals surface area contributed by atoms with E-state index in [1.54, 1.807) is 12.1 Å². The van der Waals surface area contributed by atoms with Gasteiger partial charge in [0.15, 0.2) is 6.61 Å². The minimum absolute atomic E-state index is 0.0283. The van der Waals surface area contributed by atoms with Gasteiger partial charge in [-0.05, 0) is 56.0 Å². The van der Waals surface area contributed by atoms with E-state index in [1.165, 1.54) is 5.56 Å². The lowest BCUT2D eigenvalue weighted by Gasteiger charge is -2.22. The number of aliphatic carboxylic acids is 1. The molecule has 0 atom stereocenters. The molecule has 0 saturated carbocycles. The molecule has 0 unspecified atom stereocenters. The normalized spacial score (nSPS) is 10.4. The van der Waals surface area contributed by atoms with Gasteiger partial charge in [-0.3, -0.25) is 4.79 Å². The van der Waals surface area contributed by atoms with E-state index in [9.17, 15) is 9.59 Å². The first kappa shape index (κ1) is 19.5. The summed E-state index contributed by atoms with van der Waals surface area (Å²) < 4.78 is 5.33. The van der Waals surface area contributed by atoms with Crippen LogP contribution in [0.4, 0.5) is 0 Å². The zero-order valence-corrected chi connectivity index (χ0v) is 15.5. The summed E-state index contributed by atoms with van der Waals surface area (Å²) in [5.74, 6) is -0.530. The molecule has 0 aliphatic carbocycles. The molecule has 0 radical (unpaired) electrons. The Kier molecular flexibility index (Phi) is 6.78. The van der Waals surface area contributed by atoms with Crippen molar-refractivity contribution in [1.29, 1.82) is 0 Å². The topological polar surface area (TPSA) is 66.8 Å². The van der Waals surface area contributed by atoms with Crippen LogP contribution in [0.15, 0.2) is 42.5 Å². The predicted octanol–water partition coefficient (Wildman–Crippen LogP) is 3.47. The monoisotopic (exact) mass is 355 g/mol. The van der Waals surface area contributed by atoms with Crippen molar-refractivity contribution in [2.24, 2.45) is 0 Å². The number of carboxylic acids is 1. The molecule has 0 aromatic heterocycles. The summed E-state index contributed by atoms with van der Waals surface area (Å²) in [6.45, 7) is 6.48. The fourth-order valence-electron chi connectivity index (χ4n) is 2.93. The van der Waals surface area contributed by atoms with E-state index >= 15 is 0 Å². The molecule has 1 amide bonds. The van der Waals surface area contributed by atoms with Crippen LogP contribution in [0.25, 0.3) is 0 Å². The lowest BCUT2D eigenvalue weighted by Crippen LogP contribution is -2.32. The van der Waals surface area contributed by atoms with Crippen molar-refractivity contribution in [3.05, 3.63) is 64.7 Å². The Morgan fingerprint density at radius 1 is 1.08 bits per heavy atom. The average Bonchev–Trinajstić information content (AvgIpc) is 2.61. The summed E-state index contributed by atoms with van der Waals surface area (Å²) in [5.41, 5.74) is 3.31. The maximum absolute atomic E-state index is 12.9. The standard InChI is InChI=1S/C21H25NO4/c1-4-22(11-10-17-8-6-5-7-9-17)21(25)18-12-15(2)20(16(3)13-18)26-14-19(23)24/h5-9,12-13H,4,10-11,14H2,1-3H3,(H,23,24). The Balaban J connectivity index is 2.12. The minimum atomic E-state index is -1.03. The molecule has 5 heteroatoms. The Morgan fingerprint density at radius 3 is 2.23 bits per heavy atom. The van der Waals surface area contributed by atoms with E-state index in [2.05, 4.69) is 12.1 Å². The van der Waals surface area contributed by atoms with Crippen LogP contribution in [0.1, 0.15) is 34.0 Å². The van der Waals surface area contributed by atoms with Crippen LogP contribution in [0.2, 0.25) is 0 Å². The van der Waals surface area contributed by atoms with Crippen molar-refractivity contribution < 1.29 is 19.4 Å². The number of amides is 1. The maximum Gasteiger partial charge on any atom is 0.341 e. The average molecular weight is 355 g/mol. The number of carbonyl (C=O) groups is 2. The third-order valence-electron chi connectivity index (χ3n) is 4.23. The van der Waals surface area contributed by atoms with Gasteiger partial charge in [-0.15, -0.1) is 0 Å². The zero-order valence-electron chi connectivity index (χ0n) is 15.5. The molecule has 0 fully saturated rings. The second-order valence-electron chi connectivity index (χ2n) is 6.24. The van der Waals surface area contributed by atoms with Crippen molar-refractivity contribution in [2.45, 2.75) is 27.2 Å². The van der Waals surface area contributed by atoms with Gasteiger partial charge in [0.05, 0.1) is 0 Å². The van der Waals surface area contributed by atoms with Crippen LogP contribution in [0.5, 0.6) is 5.75 Å². The molecule has 0 bridgehead atoms. The third-order valence-corrected chi connectivity index (χ3v) is 4.23. The van der Waals surface area contributed by atoms with Gasteiger partial charge < -0.3 is 14.7 Å². The maximum atomic E-state index is 12.9. The number of carboxylic acid groups (broad SMARTS) is 1. The number of carbonyl (C=O) groups excluding carboxylic acids is 1. The number of ether oxygens (including phenoxy) is 1. The molecular weight excluding hydrogens is 330 g/mol. The lowest BCUT2D eigenvalue weighted by molar-refractivity contribution is -0.139. The highest BCUT2D eigenvalue weighted by atomic mass is 16.5. The van der Waals surface area contributed by atoms with E-state index in [-0.39, 0.29) is 5.91 Å². The van der Waals surface area contributed by atoms with Crippen LogP contribution in [-0.2, 0) is 11.2 Å². The number of aryl methyl sites for hydroxylation is 2. The Bertz CT molecular complexity index is 748. The zero-order chi connectivity index (χ0) is 19.1. The van der Waals surface area contributed by atoms with Crippen LogP contribution in [0.3, 0.4) is 0 Å². The highest BCUT2D eigenvalue weighted by Crippen LogP contribution is 2.25. The molecule has 0 heterocycles. The van der Waals surface area contributed by atoms with Gasteiger partial charge >= 0.3 is 5.97 Å². The highest BCUT2D eigenvalue weighted by molar-refractivity contribution is 5.95. The van der Waals surface area contributed by atoms with Crippen molar-refractivity contribution >= 4 is 11.9 Å². The molecule has 0 spiro atoms. The molecule has 138 valence electrons. The molecule has 0 saturated heterocycles. The SMILES string of the molecule is CCN(CCc1ccccc1)C(=O)c1cc(C)c(OCC(=O)O)c(C)c1. The summed E-state index contributed by atoms with van der Waals surface area (Å²) in [5, 5.41) is 8.77. The Labute approximate surface area is 154 Å². The van der Waals surface area contributed by atoms with Crippen molar-refractivity contribution in [2.75, 3.05) is 19.7 Å². The summed E-state index contributed by atoms with van der Waals surface area (Å²) in [4.78, 5) is 25.4. The molecule has 26 heavy (non-hydrogen) atoms. The van der Waals surface area contributed by atoms with Gasteiger partial charge in [0.25, 0.3) is 5.91 Å². The molecule has 2 aromatic rings. The number of hydrogen-bond acceptors (Lipinski definition) is 3. The molecule has 2 rings (SSSR count). The minimum Gasteiger partial charge on any atom is -0.481 e. The van der Waals surface area contributed by atoms with Crippen LogP contribution < -0.4 is 4.74 Å². The Hall–Kier alpha value is -2.82. The van der Waals surface area contributed by atoms with Crippen LogP contribution >= 0.6 is 0 Å². The number of nitrogens with zero attached hydrogens (tertiary/aromatic N) is 1. The van der Waals surface area contributed by atoms with E-state index in [0.717, 1.165) is 17.5 Å². The van der Waals surface area contributed by atoms with Gasteiger partial charge in [-0.2, -0.15) is 0 Å². The first-order valence-electron chi connectivity index (χ1n) is 8.71. The third kappa shape index (κ3) is 5.09. The van der Waals surface area contributed by atoms with Crippen molar-refractivity contribution in [3.63, 3.8) is 0 Å². The van der Waals surface area contributed by atoms with Gasteiger partial charge in [0, 0.05) is 18.7 Å². The molecule has 1 N–H and O–H groups in total. The molecule has 2 aromatic carbocycles. The smallest absolute Gasteiger partial charge is 0.341 e. The number of benzene rings is 2. The van der Waals surface area contributed by atoms with Gasteiger partial charge in [0.1, 0.15) is 5.75 Å². The molecule has 5 nitrogen and oxygen atoms in total. The molecular formula is C21H25NO4. The van der Waals surface area contributed by atoms with Crippen molar-refractivity contribution in [1.82, 2.24) is 4.90 Å². The summed E-state index contributed by atoms with van der Waals surface area (Å²) >= 11 is 0. The van der Waals surface area contributed by atoms with Gasteiger partial charge in [0.2, 0.25) is 0 Å². The number of hydrogen-bond donors (Lipinski definition) is 1. The fraction of sp³-hybridized carbons (Fsp3) is 0.333. The second kappa shape index (κ2) is 9.04. The van der Waals surface area contributed by atoms with E-state index in [0.29, 0.717) is 24.4 Å². The van der Waals surface area contributed by atoms with Gasteiger partial charge in [-0.1, -0.05) is 30.3 Å².